The maximum absolute atomic E-state index is 11.6. The van der Waals surface area contributed by atoms with Crippen molar-refractivity contribution in [1.82, 2.24) is 5.32 Å². The lowest BCUT2D eigenvalue weighted by atomic mass is 10.2. The smallest absolute Gasteiger partial charge is 0.337 e. The molecule has 0 spiro atoms. The number of benzene rings is 2. The number of nitrogens with one attached hydrogen (secondary N) is 2. The minimum Gasteiger partial charge on any atom is -0.465 e. The first-order chi connectivity index (χ1) is 12.0. The van der Waals surface area contributed by atoms with Crippen molar-refractivity contribution in [3.8, 4) is 0 Å². The molecule has 0 aromatic heterocycles. The van der Waals surface area contributed by atoms with Gasteiger partial charge in [-0.2, -0.15) is 0 Å². The van der Waals surface area contributed by atoms with Gasteiger partial charge in [0, 0.05) is 22.2 Å². The largest absolute Gasteiger partial charge is 0.465 e. The van der Waals surface area contributed by atoms with E-state index >= 15 is 0 Å². The van der Waals surface area contributed by atoms with E-state index < -0.39 is 5.97 Å². The van der Waals surface area contributed by atoms with Crippen molar-refractivity contribution in [2.45, 2.75) is 4.90 Å². The number of esters is 1. The predicted molar refractivity (Wildman–Crippen MR) is 109 cm³/mol. The molecule has 8 heteroatoms. The summed E-state index contributed by atoms with van der Waals surface area (Å²) in [5.74, 6) is 0.400. The minimum atomic E-state index is -0.432. The zero-order valence-electron chi connectivity index (χ0n) is 13.3. The average Bonchev–Trinajstić information content (AvgIpc) is 2.61. The fourth-order valence-electron chi connectivity index (χ4n) is 1.90. The molecule has 0 unspecified atom stereocenters. The maximum atomic E-state index is 11.6. The van der Waals surface area contributed by atoms with E-state index in [2.05, 4.69) is 10.6 Å². The van der Waals surface area contributed by atoms with Gasteiger partial charge >= 0.3 is 5.97 Å². The number of anilines is 1. The number of rotatable bonds is 6. The van der Waals surface area contributed by atoms with E-state index in [9.17, 15) is 4.79 Å². The molecule has 25 heavy (non-hydrogen) atoms. The Hall–Kier alpha value is -1.47. The van der Waals surface area contributed by atoms with Crippen LogP contribution >= 0.6 is 47.2 Å². The number of ether oxygens (including phenoxy) is 1. The van der Waals surface area contributed by atoms with Crippen LogP contribution in [0.25, 0.3) is 0 Å². The van der Waals surface area contributed by atoms with Crippen LogP contribution in [-0.4, -0.2) is 30.5 Å². The molecule has 2 aromatic rings. The quantitative estimate of drug-likeness (QED) is 0.304. The van der Waals surface area contributed by atoms with Crippen LogP contribution in [0.3, 0.4) is 0 Å². The molecule has 2 N–H and O–H groups in total. The van der Waals surface area contributed by atoms with Crippen molar-refractivity contribution in [1.29, 1.82) is 0 Å². The lowest BCUT2D eigenvalue weighted by molar-refractivity contribution is 0.0601. The number of methoxy groups -OCH3 is 1. The van der Waals surface area contributed by atoms with Gasteiger partial charge in [-0.3, -0.25) is 0 Å². The topological polar surface area (TPSA) is 50.4 Å². The molecule has 2 rings (SSSR count). The van der Waals surface area contributed by atoms with Crippen molar-refractivity contribution in [2.75, 3.05) is 24.7 Å². The van der Waals surface area contributed by atoms with Crippen LogP contribution in [0, 0.1) is 0 Å². The van der Waals surface area contributed by atoms with Gasteiger partial charge in [-0.15, -0.1) is 11.8 Å². The first-order valence-corrected chi connectivity index (χ1v) is 9.45. The number of carbonyl (C=O) groups excluding carboxylic acids is 1. The van der Waals surface area contributed by atoms with Crippen molar-refractivity contribution in [3.05, 3.63) is 58.1 Å². The first-order valence-electron chi connectivity index (χ1n) is 7.30. The third-order valence-electron chi connectivity index (χ3n) is 3.11. The fourth-order valence-corrected chi connectivity index (χ4v) is 3.17. The lowest BCUT2D eigenvalue weighted by Gasteiger charge is -2.12. The second-order valence-electron chi connectivity index (χ2n) is 4.87. The van der Waals surface area contributed by atoms with Gasteiger partial charge in [0.1, 0.15) is 0 Å². The molecule has 0 atom stereocenters. The summed E-state index contributed by atoms with van der Waals surface area (Å²) in [5.41, 5.74) is 0.947. The van der Waals surface area contributed by atoms with Crippen LogP contribution in [0.4, 0.5) is 5.69 Å². The highest BCUT2D eigenvalue weighted by Crippen LogP contribution is 2.23. The van der Waals surface area contributed by atoms with E-state index in [1.807, 2.05) is 24.3 Å². The van der Waals surface area contributed by atoms with Gasteiger partial charge < -0.3 is 15.4 Å². The van der Waals surface area contributed by atoms with E-state index in [-0.39, 0.29) is 0 Å². The van der Waals surface area contributed by atoms with Crippen molar-refractivity contribution in [2.24, 2.45) is 0 Å². The van der Waals surface area contributed by atoms with Gasteiger partial charge in [0.15, 0.2) is 5.11 Å². The van der Waals surface area contributed by atoms with Crippen LogP contribution in [0.1, 0.15) is 10.4 Å². The molecule has 2 aromatic carbocycles. The molecule has 0 aliphatic carbocycles. The maximum Gasteiger partial charge on any atom is 0.337 e. The number of thioether (sulfide) groups is 1. The standard InChI is InChI=1S/C17H16Cl2N2O2S2/c1-23-16(22)11-2-7-14(19)15(10-11)21-17(24)20-8-9-25-13-5-3-12(18)4-6-13/h2-7,10H,8-9H2,1H3,(H2,20,21,24). The fraction of sp³-hybridized carbons (Fsp3) is 0.176. The highest BCUT2D eigenvalue weighted by Gasteiger charge is 2.09. The molecule has 0 aliphatic rings. The van der Waals surface area contributed by atoms with E-state index in [0.717, 1.165) is 15.7 Å². The highest BCUT2D eigenvalue weighted by atomic mass is 35.5. The lowest BCUT2D eigenvalue weighted by Crippen LogP contribution is -2.30. The van der Waals surface area contributed by atoms with Crippen molar-refractivity contribution < 1.29 is 9.53 Å². The first kappa shape index (κ1) is 19.8. The SMILES string of the molecule is COC(=O)c1ccc(Cl)c(NC(=S)NCCSc2ccc(Cl)cc2)c1. The summed E-state index contributed by atoms with van der Waals surface area (Å²) < 4.78 is 4.70. The van der Waals surface area contributed by atoms with E-state index in [1.165, 1.54) is 7.11 Å². The van der Waals surface area contributed by atoms with Crippen LogP contribution in [0.15, 0.2) is 47.4 Å². The monoisotopic (exact) mass is 414 g/mol. The molecule has 0 saturated heterocycles. The van der Waals surface area contributed by atoms with Gasteiger partial charge in [0.2, 0.25) is 0 Å². The Balaban J connectivity index is 1.81. The Kier molecular flexibility index (Phi) is 7.84. The van der Waals surface area contributed by atoms with Gasteiger partial charge in [-0.25, -0.2) is 4.79 Å². The normalized spacial score (nSPS) is 10.2. The predicted octanol–water partition coefficient (Wildman–Crippen LogP) is 4.86. The average molecular weight is 415 g/mol. The van der Waals surface area contributed by atoms with Gasteiger partial charge in [-0.1, -0.05) is 23.2 Å². The zero-order chi connectivity index (χ0) is 18.2. The molecule has 132 valence electrons. The molecular formula is C17H16Cl2N2O2S2. The molecule has 0 heterocycles. The molecule has 4 nitrogen and oxygen atoms in total. The van der Waals surface area contributed by atoms with Crippen LogP contribution in [-0.2, 0) is 4.74 Å². The Morgan fingerprint density at radius 2 is 1.92 bits per heavy atom. The minimum absolute atomic E-state index is 0.399. The Morgan fingerprint density at radius 3 is 2.60 bits per heavy atom. The molecule has 0 aliphatic heterocycles. The number of halogens is 2. The van der Waals surface area contributed by atoms with Crippen molar-refractivity contribution >= 4 is 64.0 Å². The number of carbonyl (C=O) groups is 1. The molecule has 0 bridgehead atoms. The summed E-state index contributed by atoms with van der Waals surface area (Å²) in [5, 5.41) is 7.71. The van der Waals surface area contributed by atoms with E-state index in [4.69, 9.17) is 40.2 Å². The van der Waals surface area contributed by atoms with E-state index in [1.54, 1.807) is 30.0 Å². The third kappa shape index (κ3) is 6.40. The van der Waals surface area contributed by atoms with Gasteiger partial charge in [-0.05, 0) is 54.7 Å². The van der Waals surface area contributed by atoms with Crippen LogP contribution < -0.4 is 10.6 Å². The van der Waals surface area contributed by atoms with Crippen molar-refractivity contribution in [3.63, 3.8) is 0 Å². The number of thiocarbonyl (C=S) groups is 1. The second-order valence-corrected chi connectivity index (χ2v) is 7.29. The Morgan fingerprint density at radius 1 is 1.20 bits per heavy atom. The molecular weight excluding hydrogens is 399 g/mol. The second kappa shape index (κ2) is 9.87. The Labute approximate surface area is 166 Å². The van der Waals surface area contributed by atoms with Crippen LogP contribution in [0.5, 0.6) is 0 Å². The summed E-state index contributed by atoms with van der Waals surface area (Å²) >= 11 is 18.9. The summed E-state index contributed by atoms with van der Waals surface area (Å²) in [4.78, 5) is 12.7. The van der Waals surface area contributed by atoms with Crippen LogP contribution in [0.2, 0.25) is 10.0 Å². The number of hydrogen-bond acceptors (Lipinski definition) is 4. The van der Waals surface area contributed by atoms with E-state index in [0.29, 0.717) is 27.9 Å². The number of hydrogen-bond donors (Lipinski definition) is 2. The van der Waals surface area contributed by atoms with Gasteiger partial charge in [0.25, 0.3) is 0 Å². The molecule has 0 radical (unpaired) electrons. The molecule has 0 amide bonds. The zero-order valence-corrected chi connectivity index (χ0v) is 16.5. The summed E-state index contributed by atoms with van der Waals surface area (Å²) in [6, 6.07) is 12.5. The highest BCUT2D eigenvalue weighted by molar-refractivity contribution is 7.99. The molecule has 0 saturated carbocycles. The summed E-state index contributed by atoms with van der Waals surface area (Å²) in [7, 11) is 1.33. The Bertz CT molecular complexity index is 755. The summed E-state index contributed by atoms with van der Waals surface area (Å²) in [6.07, 6.45) is 0. The summed E-state index contributed by atoms with van der Waals surface area (Å²) in [6.45, 7) is 0.674. The molecule has 0 fully saturated rings. The third-order valence-corrected chi connectivity index (χ3v) is 4.95. The van der Waals surface area contributed by atoms with Gasteiger partial charge in [0.05, 0.1) is 23.4 Å².